The molecule has 3 heterocycles. The summed E-state index contributed by atoms with van der Waals surface area (Å²) in [4.78, 5) is 21.1. The first kappa shape index (κ1) is 23.4. The van der Waals surface area contributed by atoms with Crippen LogP contribution in [0.15, 0.2) is 47.6 Å². The number of pyridine rings is 1. The normalized spacial score (nSPS) is 22.9. The van der Waals surface area contributed by atoms with Gasteiger partial charge in [0.2, 0.25) is 0 Å². The number of amides is 1. The zero-order valence-electron chi connectivity index (χ0n) is 15.3. The number of carbonyl (C=O) groups is 1. The van der Waals surface area contributed by atoms with Crippen LogP contribution in [-0.4, -0.2) is 35.0 Å². The van der Waals surface area contributed by atoms with Gasteiger partial charge >= 0.3 is 0 Å². The fourth-order valence-electron chi connectivity index (χ4n) is 3.59. The number of nitrogens with one attached hydrogen (secondary N) is 1. The van der Waals surface area contributed by atoms with Crippen molar-refractivity contribution in [3.63, 3.8) is 0 Å². The third kappa shape index (κ3) is 4.66. The highest BCUT2D eigenvalue weighted by atomic mass is 35.5. The van der Waals surface area contributed by atoms with E-state index < -0.39 is 5.54 Å². The largest absolute Gasteiger partial charge is 0.381 e. The Labute approximate surface area is 184 Å². The number of benzene rings is 1. The molecular weight excluding hydrogens is 438 g/mol. The molecule has 0 saturated carbocycles. The van der Waals surface area contributed by atoms with Gasteiger partial charge in [-0.15, -0.1) is 24.8 Å². The molecule has 1 saturated heterocycles. The Bertz CT molecular complexity index is 903. The molecule has 4 rings (SSSR count). The van der Waals surface area contributed by atoms with Crippen molar-refractivity contribution in [2.75, 3.05) is 24.3 Å². The minimum atomic E-state index is -0.761. The third-order valence-electron chi connectivity index (χ3n) is 4.95. The second-order valence-corrected chi connectivity index (χ2v) is 7.61. The van der Waals surface area contributed by atoms with E-state index in [1.54, 1.807) is 30.5 Å². The van der Waals surface area contributed by atoms with Crippen LogP contribution < -0.4 is 11.1 Å². The maximum Gasteiger partial charge on any atom is 0.274 e. The summed E-state index contributed by atoms with van der Waals surface area (Å²) >= 11 is 1.46. The lowest BCUT2D eigenvalue weighted by molar-refractivity contribution is 0.00886. The molecule has 1 fully saturated rings. The van der Waals surface area contributed by atoms with Crippen molar-refractivity contribution in [1.29, 1.82) is 0 Å². The summed E-state index contributed by atoms with van der Waals surface area (Å²) in [7, 11) is 0. The third-order valence-corrected chi connectivity index (χ3v) is 5.91. The summed E-state index contributed by atoms with van der Waals surface area (Å²) in [5, 5.41) is 3.24. The first-order valence-electron chi connectivity index (χ1n) is 8.67. The molecule has 2 atom stereocenters. The van der Waals surface area contributed by atoms with Crippen molar-refractivity contribution < 1.29 is 13.9 Å². The molecule has 10 heteroatoms. The number of nitrogens with zero attached hydrogens (tertiary/aromatic N) is 2. The lowest BCUT2D eigenvalue weighted by atomic mass is 9.75. The minimum absolute atomic E-state index is 0. The molecule has 29 heavy (non-hydrogen) atoms. The zero-order valence-corrected chi connectivity index (χ0v) is 17.8. The van der Waals surface area contributed by atoms with Crippen LogP contribution >= 0.6 is 36.6 Å². The van der Waals surface area contributed by atoms with E-state index in [9.17, 15) is 9.18 Å². The molecule has 0 aliphatic carbocycles. The number of hydrogen-bond donors (Lipinski definition) is 2. The summed E-state index contributed by atoms with van der Waals surface area (Å²) in [5.41, 5.74) is 6.45. The number of aliphatic imine (C=N–C) groups is 1. The van der Waals surface area contributed by atoms with Gasteiger partial charge in [-0.1, -0.05) is 17.8 Å². The minimum Gasteiger partial charge on any atom is -0.381 e. The van der Waals surface area contributed by atoms with Gasteiger partial charge in [-0.2, -0.15) is 0 Å². The van der Waals surface area contributed by atoms with Crippen LogP contribution in [0.5, 0.6) is 0 Å². The molecule has 3 N–H and O–H groups in total. The van der Waals surface area contributed by atoms with Crippen LogP contribution in [0.2, 0.25) is 0 Å². The summed E-state index contributed by atoms with van der Waals surface area (Å²) in [5.74, 6) is 0.0385. The number of thioether (sulfide) groups is 1. The Morgan fingerprint density at radius 1 is 1.31 bits per heavy atom. The predicted molar refractivity (Wildman–Crippen MR) is 118 cm³/mol. The van der Waals surface area contributed by atoms with E-state index >= 15 is 0 Å². The van der Waals surface area contributed by atoms with Crippen LogP contribution in [0.1, 0.15) is 22.5 Å². The maximum atomic E-state index is 14.8. The van der Waals surface area contributed by atoms with Crippen LogP contribution in [-0.2, 0) is 10.3 Å². The number of halogens is 3. The number of aromatic nitrogens is 1. The molecule has 0 bridgehead atoms. The number of amidine groups is 1. The van der Waals surface area contributed by atoms with E-state index in [0.29, 0.717) is 41.7 Å². The highest BCUT2D eigenvalue weighted by Crippen LogP contribution is 2.46. The van der Waals surface area contributed by atoms with Gasteiger partial charge in [0.15, 0.2) is 5.17 Å². The summed E-state index contributed by atoms with van der Waals surface area (Å²) in [6.07, 6.45) is 2.10. The summed E-state index contributed by atoms with van der Waals surface area (Å²) in [6, 6.07) is 9.65. The molecular formula is C19H21Cl2FN4O2S. The fraction of sp³-hybridized carbons (Fsp3) is 0.316. The van der Waals surface area contributed by atoms with E-state index in [-0.39, 0.29) is 42.5 Å². The number of hydrogen-bond acceptors (Lipinski definition) is 6. The molecule has 0 radical (unpaired) electrons. The Morgan fingerprint density at radius 3 is 2.90 bits per heavy atom. The molecule has 156 valence electrons. The smallest absolute Gasteiger partial charge is 0.274 e. The van der Waals surface area contributed by atoms with Gasteiger partial charge in [0.05, 0.1) is 12.1 Å². The molecule has 2 aliphatic heterocycles. The van der Waals surface area contributed by atoms with Gasteiger partial charge in [0.25, 0.3) is 5.91 Å². The van der Waals surface area contributed by atoms with Crippen LogP contribution in [0.25, 0.3) is 0 Å². The molecule has 1 aromatic carbocycles. The number of nitrogens with two attached hydrogens (primary N) is 1. The Morgan fingerprint density at radius 2 is 2.14 bits per heavy atom. The van der Waals surface area contributed by atoms with Gasteiger partial charge in [-0.3, -0.25) is 14.8 Å². The highest BCUT2D eigenvalue weighted by Gasteiger charge is 2.47. The number of carbonyl (C=O) groups excluding carboxylic acids is 1. The monoisotopic (exact) mass is 458 g/mol. The highest BCUT2D eigenvalue weighted by molar-refractivity contribution is 8.13. The Balaban J connectivity index is 0.00000150. The van der Waals surface area contributed by atoms with Crippen molar-refractivity contribution in [1.82, 2.24) is 4.98 Å². The average molecular weight is 459 g/mol. The molecule has 2 aliphatic rings. The second kappa shape index (κ2) is 9.75. The lowest BCUT2D eigenvalue weighted by Gasteiger charge is -2.44. The van der Waals surface area contributed by atoms with Crippen molar-refractivity contribution in [2.24, 2.45) is 16.6 Å². The average Bonchev–Trinajstić information content (AvgIpc) is 2.69. The second-order valence-electron chi connectivity index (χ2n) is 6.57. The van der Waals surface area contributed by atoms with Crippen LogP contribution in [0, 0.1) is 11.7 Å². The molecule has 0 spiro atoms. The van der Waals surface area contributed by atoms with E-state index in [1.807, 2.05) is 0 Å². The van der Waals surface area contributed by atoms with Crippen LogP contribution in [0.3, 0.4) is 0 Å². The van der Waals surface area contributed by atoms with E-state index in [0.717, 1.165) is 5.75 Å². The molecule has 6 nitrogen and oxygen atoms in total. The van der Waals surface area contributed by atoms with E-state index in [1.165, 1.54) is 23.9 Å². The number of ether oxygens (including phenoxy) is 1. The molecule has 1 unspecified atom stereocenters. The van der Waals surface area contributed by atoms with Gasteiger partial charge in [-0.05, 0) is 30.3 Å². The summed E-state index contributed by atoms with van der Waals surface area (Å²) < 4.78 is 20.4. The van der Waals surface area contributed by atoms with E-state index in [2.05, 4.69) is 15.3 Å². The zero-order chi connectivity index (χ0) is 18.9. The van der Waals surface area contributed by atoms with Crippen molar-refractivity contribution in [3.8, 4) is 0 Å². The predicted octanol–water partition coefficient (Wildman–Crippen LogP) is 3.61. The number of fused-ring (bicyclic) bond motifs is 1. The summed E-state index contributed by atoms with van der Waals surface area (Å²) in [6.45, 7) is 0.996. The first-order valence-corrected chi connectivity index (χ1v) is 9.65. The van der Waals surface area contributed by atoms with Gasteiger partial charge in [-0.25, -0.2) is 4.39 Å². The number of anilines is 1. The van der Waals surface area contributed by atoms with Crippen molar-refractivity contribution in [2.45, 2.75) is 12.0 Å². The quantitative estimate of drug-likeness (QED) is 0.732. The standard InChI is InChI=1S/C19H19FN4O2S.2ClH/c20-15-5-4-13(23-17(25)16-3-1-2-7-22-16)9-14(15)19-6-8-26-10-12(19)11-27-18(21)24-19;;/h1-5,7,9,12H,6,8,10-11H2,(H2,21,24)(H,23,25);2*1H/t12?,19-;;/m0../s1. The van der Waals surface area contributed by atoms with Gasteiger partial charge in [0, 0.05) is 42.1 Å². The fourth-order valence-corrected chi connectivity index (χ4v) is 4.56. The topological polar surface area (TPSA) is 89.6 Å². The maximum absolute atomic E-state index is 14.8. The molecule has 1 amide bonds. The first-order chi connectivity index (χ1) is 13.1. The van der Waals surface area contributed by atoms with Gasteiger partial charge in [0.1, 0.15) is 11.5 Å². The van der Waals surface area contributed by atoms with Crippen molar-refractivity contribution >= 4 is 53.3 Å². The number of rotatable bonds is 3. The Kier molecular flexibility index (Phi) is 7.87. The Hall–Kier alpha value is -1.87. The van der Waals surface area contributed by atoms with Crippen LogP contribution in [0.4, 0.5) is 10.1 Å². The van der Waals surface area contributed by atoms with E-state index in [4.69, 9.17) is 10.5 Å². The van der Waals surface area contributed by atoms with Gasteiger partial charge < -0.3 is 15.8 Å². The van der Waals surface area contributed by atoms with Crippen molar-refractivity contribution in [3.05, 3.63) is 59.7 Å². The molecule has 2 aromatic rings. The SMILES string of the molecule is Cl.Cl.NC1=N[C@@]2(c3cc(NC(=O)c4ccccn4)ccc3F)CCOCC2CS1. The molecule has 1 aromatic heterocycles. The lowest BCUT2D eigenvalue weighted by Crippen LogP contribution is -2.47.